The van der Waals surface area contributed by atoms with E-state index in [0.717, 1.165) is 37.2 Å². The molecule has 0 heterocycles. The average molecular weight is 429 g/mol. The molecule has 0 spiro atoms. The Morgan fingerprint density at radius 1 is 0.679 bits per heavy atom. The van der Waals surface area contributed by atoms with Gasteiger partial charge in [0, 0.05) is 6.16 Å². The van der Waals surface area contributed by atoms with E-state index in [-0.39, 0.29) is 13.2 Å². The fourth-order valence-corrected chi connectivity index (χ4v) is 4.51. The molecule has 0 aliphatic rings. The van der Waals surface area contributed by atoms with Gasteiger partial charge in [-0.1, -0.05) is 20.8 Å². The molecule has 28 heavy (non-hydrogen) atoms. The molecule has 0 aromatic carbocycles. The Hall–Kier alpha value is -0.0100. The molecule has 0 aromatic rings. The Morgan fingerprint density at radius 3 is 1.32 bits per heavy atom. The standard InChI is InChI=1S/C18H43N2O5P.C2H6/c1-6-19(7-2,8-3)13-17-24-26(23,10-5)25-18-14-20(9-4,11-15-21)12-16-22;1-2/h21-22H,6-18H2,1-5H3;1-2H3/q+2;. The zero-order chi connectivity index (χ0) is 22.1. The summed E-state index contributed by atoms with van der Waals surface area (Å²) in [5.41, 5.74) is 0. The molecular formula is C20H49N2O5P+2. The monoisotopic (exact) mass is 428 g/mol. The lowest BCUT2D eigenvalue weighted by Gasteiger charge is -2.37. The summed E-state index contributed by atoms with van der Waals surface area (Å²) in [5.74, 6) is 0. The van der Waals surface area contributed by atoms with Crippen LogP contribution in [0.25, 0.3) is 0 Å². The summed E-state index contributed by atoms with van der Waals surface area (Å²) >= 11 is 0. The number of nitrogens with zero attached hydrogens (tertiary/aromatic N) is 2. The maximum Gasteiger partial charge on any atom is 0.330 e. The van der Waals surface area contributed by atoms with Crippen molar-refractivity contribution in [3.8, 4) is 0 Å². The van der Waals surface area contributed by atoms with Gasteiger partial charge in [0.05, 0.1) is 39.4 Å². The Bertz CT molecular complexity index is 392. The van der Waals surface area contributed by atoms with Crippen molar-refractivity contribution in [3.63, 3.8) is 0 Å². The quantitative estimate of drug-likeness (QED) is 0.275. The molecule has 0 saturated heterocycles. The fraction of sp³-hybridized carbons (Fsp3) is 1.00. The lowest BCUT2D eigenvalue weighted by Crippen LogP contribution is -2.53. The van der Waals surface area contributed by atoms with Gasteiger partial charge in [0.15, 0.2) is 0 Å². The zero-order valence-electron chi connectivity index (χ0n) is 19.7. The lowest BCUT2D eigenvalue weighted by atomic mass is 10.3. The minimum Gasteiger partial charge on any atom is -0.391 e. The molecule has 0 bridgehead atoms. The van der Waals surface area contributed by atoms with Gasteiger partial charge < -0.3 is 28.2 Å². The average Bonchev–Trinajstić information content (AvgIpc) is 2.73. The maximum atomic E-state index is 12.9. The minimum atomic E-state index is -3.10. The van der Waals surface area contributed by atoms with Gasteiger partial charge >= 0.3 is 7.60 Å². The van der Waals surface area contributed by atoms with Crippen molar-refractivity contribution in [2.75, 3.05) is 84.9 Å². The predicted octanol–water partition coefficient (Wildman–Crippen LogP) is 2.96. The third-order valence-corrected chi connectivity index (χ3v) is 7.85. The predicted molar refractivity (Wildman–Crippen MR) is 118 cm³/mol. The molecule has 172 valence electrons. The van der Waals surface area contributed by atoms with E-state index in [4.69, 9.17) is 9.05 Å². The van der Waals surface area contributed by atoms with Crippen LogP contribution in [0.1, 0.15) is 48.5 Å². The SMILES string of the molecule is CC.CC[N+](CC)(CC)CCOP(=O)(CC)OCC[N+](CC)(CCO)CCO. The number of aliphatic hydroxyl groups is 2. The number of hydrogen-bond donors (Lipinski definition) is 2. The van der Waals surface area contributed by atoms with E-state index in [0.29, 0.717) is 43.5 Å². The van der Waals surface area contributed by atoms with Crippen molar-refractivity contribution in [1.82, 2.24) is 0 Å². The first-order chi connectivity index (χ1) is 13.3. The van der Waals surface area contributed by atoms with Crippen LogP contribution in [0.2, 0.25) is 0 Å². The van der Waals surface area contributed by atoms with E-state index in [9.17, 15) is 14.8 Å². The second kappa shape index (κ2) is 16.8. The van der Waals surface area contributed by atoms with E-state index < -0.39 is 7.60 Å². The molecule has 1 unspecified atom stereocenters. The van der Waals surface area contributed by atoms with E-state index in [1.807, 2.05) is 27.7 Å². The van der Waals surface area contributed by atoms with E-state index in [2.05, 4.69) is 20.8 Å². The Morgan fingerprint density at radius 2 is 1.04 bits per heavy atom. The molecular weight excluding hydrogens is 379 g/mol. The van der Waals surface area contributed by atoms with Crippen LogP contribution >= 0.6 is 7.60 Å². The first-order valence-corrected chi connectivity index (χ1v) is 12.9. The zero-order valence-corrected chi connectivity index (χ0v) is 20.5. The highest BCUT2D eigenvalue weighted by Gasteiger charge is 2.29. The third-order valence-electron chi connectivity index (χ3n) is 5.93. The van der Waals surface area contributed by atoms with Crippen molar-refractivity contribution in [1.29, 1.82) is 0 Å². The molecule has 2 N–H and O–H groups in total. The number of rotatable bonds is 17. The summed E-state index contributed by atoms with van der Waals surface area (Å²) < 4.78 is 25.8. The van der Waals surface area contributed by atoms with E-state index in [1.54, 1.807) is 0 Å². The van der Waals surface area contributed by atoms with Crippen LogP contribution in [0, 0.1) is 0 Å². The van der Waals surface area contributed by atoms with Crippen LogP contribution < -0.4 is 0 Å². The Kier molecular flexibility index (Phi) is 18.1. The molecule has 0 radical (unpaired) electrons. The summed E-state index contributed by atoms with van der Waals surface area (Å²) in [6.45, 7) is 21.7. The number of aliphatic hydroxyl groups excluding tert-OH is 2. The number of likely N-dealkylation sites (N-methyl/N-ethyl adjacent to an activating group) is 2. The summed E-state index contributed by atoms with van der Waals surface area (Å²) in [4.78, 5) is 0. The molecule has 0 fully saturated rings. The first kappa shape index (κ1) is 30.2. The molecule has 0 rings (SSSR count). The molecule has 0 aliphatic heterocycles. The summed E-state index contributed by atoms with van der Waals surface area (Å²) in [7, 11) is -3.10. The fourth-order valence-electron chi connectivity index (χ4n) is 3.35. The van der Waals surface area contributed by atoms with Crippen LogP contribution in [0.4, 0.5) is 0 Å². The highest BCUT2D eigenvalue weighted by Crippen LogP contribution is 2.47. The van der Waals surface area contributed by atoms with Crippen molar-refractivity contribution >= 4 is 7.60 Å². The molecule has 1 atom stereocenters. The molecule has 0 amide bonds. The van der Waals surface area contributed by atoms with Gasteiger partial charge in [0.1, 0.15) is 39.4 Å². The van der Waals surface area contributed by atoms with E-state index in [1.165, 1.54) is 0 Å². The van der Waals surface area contributed by atoms with Crippen LogP contribution in [0.3, 0.4) is 0 Å². The van der Waals surface area contributed by atoms with Crippen molar-refractivity contribution in [3.05, 3.63) is 0 Å². The topological polar surface area (TPSA) is 76.0 Å². The van der Waals surface area contributed by atoms with E-state index >= 15 is 0 Å². The molecule has 0 aromatic heterocycles. The second-order valence-electron chi connectivity index (χ2n) is 6.88. The second-order valence-corrected chi connectivity index (χ2v) is 9.25. The Labute approximate surface area is 174 Å². The molecule has 0 saturated carbocycles. The maximum absolute atomic E-state index is 12.9. The van der Waals surface area contributed by atoms with Crippen molar-refractivity contribution in [2.45, 2.75) is 48.5 Å². The summed E-state index contributed by atoms with van der Waals surface area (Å²) in [6.07, 6.45) is 0.351. The largest absolute Gasteiger partial charge is 0.391 e. The summed E-state index contributed by atoms with van der Waals surface area (Å²) in [6, 6.07) is 0. The van der Waals surface area contributed by atoms with Crippen LogP contribution in [-0.4, -0.2) is 104 Å². The van der Waals surface area contributed by atoms with Gasteiger partial charge in [-0.25, -0.2) is 0 Å². The van der Waals surface area contributed by atoms with Crippen LogP contribution in [0.5, 0.6) is 0 Å². The van der Waals surface area contributed by atoms with Gasteiger partial charge in [0.2, 0.25) is 0 Å². The smallest absolute Gasteiger partial charge is 0.330 e. The normalized spacial score (nSPS) is 14.3. The highest BCUT2D eigenvalue weighted by molar-refractivity contribution is 7.53. The van der Waals surface area contributed by atoms with Gasteiger partial charge in [-0.15, -0.1) is 0 Å². The molecule has 7 nitrogen and oxygen atoms in total. The first-order valence-electron chi connectivity index (χ1n) is 11.1. The van der Waals surface area contributed by atoms with Gasteiger partial charge in [-0.3, -0.25) is 4.57 Å². The molecule has 0 aliphatic carbocycles. The third kappa shape index (κ3) is 10.7. The van der Waals surface area contributed by atoms with Gasteiger partial charge in [-0.2, -0.15) is 0 Å². The van der Waals surface area contributed by atoms with Crippen LogP contribution in [-0.2, 0) is 13.6 Å². The van der Waals surface area contributed by atoms with Crippen LogP contribution in [0.15, 0.2) is 0 Å². The van der Waals surface area contributed by atoms with Gasteiger partial charge in [0.25, 0.3) is 0 Å². The van der Waals surface area contributed by atoms with Crippen molar-refractivity contribution in [2.24, 2.45) is 0 Å². The van der Waals surface area contributed by atoms with Gasteiger partial charge in [-0.05, 0) is 27.7 Å². The lowest BCUT2D eigenvalue weighted by molar-refractivity contribution is -0.927. The number of quaternary nitrogens is 2. The summed E-state index contributed by atoms with van der Waals surface area (Å²) in [5, 5.41) is 18.6. The minimum absolute atomic E-state index is 0.0564. The number of hydrogen-bond acceptors (Lipinski definition) is 5. The molecule has 8 heteroatoms. The van der Waals surface area contributed by atoms with Crippen molar-refractivity contribution < 1.29 is 32.8 Å². The Balaban J connectivity index is 0. The highest BCUT2D eigenvalue weighted by atomic mass is 31.2.